The van der Waals surface area contributed by atoms with Gasteiger partial charge in [-0.2, -0.15) is 11.3 Å². The standard InChI is InChI=1S/C12H19N3S.HI/c1-9-7-16-8-11(9)6-15-12(13)14-5-10-3-2-4-10;/h7-8,10H,2-6H2,1H3,(H3,13,14,15);1H. The Balaban J connectivity index is 0.00000144. The van der Waals surface area contributed by atoms with E-state index in [0.29, 0.717) is 12.5 Å². The van der Waals surface area contributed by atoms with Gasteiger partial charge >= 0.3 is 0 Å². The third-order valence-corrected chi connectivity index (χ3v) is 4.09. The first-order valence-corrected chi connectivity index (χ1v) is 6.75. The molecule has 3 N–H and O–H groups in total. The molecule has 3 nitrogen and oxygen atoms in total. The lowest BCUT2D eigenvalue weighted by Crippen LogP contribution is -2.37. The summed E-state index contributed by atoms with van der Waals surface area (Å²) < 4.78 is 0. The van der Waals surface area contributed by atoms with Crippen molar-refractivity contribution < 1.29 is 0 Å². The number of nitrogens with one attached hydrogen (secondary N) is 1. The van der Waals surface area contributed by atoms with E-state index in [4.69, 9.17) is 5.73 Å². The van der Waals surface area contributed by atoms with E-state index in [2.05, 4.69) is 28.0 Å². The number of nitrogens with zero attached hydrogens (tertiary/aromatic N) is 1. The Hall–Kier alpha value is -0.300. The second-order valence-corrected chi connectivity index (χ2v) is 5.20. The molecule has 1 aliphatic carbocycles. The van der Waals surface area contributed by atoms with E-state index < -0.39 is 0 Å². The molecule has 5 heteroatoms. The van der Waals surface area contributed by atoms with Crippen LogP contribution in [-0.2, 0) is 6.54 Å². The first kappa shape index (κ1) is 14.8. The second-order valence-electron chi connectivity index (χ2n) is 4.46. The summed E-state index contributed by atoms with van der Waals surface area (Å²) in [5, 5.41) is 7.48. The zero-order chi connectivity index (χ0) is 11.4. The lowest BCUT2D eigenvalue weighted by atomic mass is 9.85. The Labute approximate surface area is 124 Å². The van der Waals surface area contributed by atoms with Crippen LogP contribution in [0, 0.1) is 12.8 Å². The molecular weight excluding hydrogens is 345 g/mol. The van der Waals surface area contributed by atoms with Gasteiger partial charge in [0.05, 0.1) is 6.54 Å². The molecular formula is C12H20IN3S. The van der Waals surface area contributed by atoms with Crippen LogP contribution < -0.4 is 11.1 Å². The van der Waals surface area contributed by atoms with Crippen LogP contribution in [-0.4, -0.2) is 12.5 Å². The molecule has 1 aromatic heterocycles. The highest BCUT2D eigenvalue weighted by Gasteiger charge is 2.16. The predicted octanol–water partition coefficient (Wildman–Crippen LogP) is 2.88. The molecule has 0 saturated heterocycles. The smallest absolute Gasteiger partial charge is 0.188 e. The molecule has 0 unspecified atom stereocenters. The van der Waals surface area contributed by atoms with E-state index >= 15 is 0 Å². The van der Waals surface area contributed by atoms with Crippen molar-refractivity contribution in [3.05, 3.63) is 21.9 Å². The summed E-state index contributed by atoms with van der Waals surface area (Å²) in [5.41, 5.74) is 8.39. The molecule has 0 atom stereocenters. The quantitative estimate of drug-likeness (QED) is 0.490. The van der Waals surface area contributed by atoms with E-state index in [1.807, 2.05) is 0 Å². The van der Waals surface area contributed by atoms with Crippen molar-refractivity contribution in [3.63, 3.8) is 0 Å². The summed E-state index contributed by atoms with van der Waals surface area (Å²) in [4.78, 5) is 4.35. The minimum atomic E-state index is 0. The maximum absolute atomic E-state index is 5.81. The minimum absolute atomic E-state index is 0. The molecule has 0 aromatic carbocycles. The van der Waals surface area contributed by atoms with Gasteiger partial charge in [0.1, 0.15) is 0 Å². The Bertz CT molecular complexity index is 372. The number of thiophene rings is 1. The topological polar surface area (TPSA) is 50.4 Å². The van der Waals surface area contributed by atoms with Gasteiger partial charge in [0.15, 0.2) is 5.96 Å². The van der Waals surface area contributed by atoms with Crippen LogP contribution in [0.2, 0.25) is 0 Å². The van der Waals surface area contributed by atoms with Gasteiger partial charge in [0.25, 0.3) is 0 Å². The van der Waals surface area contributed by atoms with Crippen LogP contribution in [0.5, 0.6) is 0 Å². The van der Waals surface area contributed by atoms with E-state index in [1.54, 1.807) is 11.3 Å². The van der Waals surface area contributed by atoms with Crippen molar-refractivity contribution in [2.24, 2.45) is 16.6 Å². The number of nitrogens with two attached hydrogens (primary N) is 1. The zero-order valence-corrected chi connectivity index (χ0v) is 13.3. The predicted molar refractivity (Wildman–Crippen MR) is 85.1 cm³/mol. The zero-order valence-electron chi connectivity index (χ0n) is 10.1. The summed E-state index contributed by atoms with van der Waals surface area (Å²) in [6.07, 6.45) is 4.05. The highest BCUT2D eigenvalue weighted by Crippen LogP contribution is 2.25. The van der Waals surface area contributed by atoms with E-state index in [9.17, 15) is 0 Å². The Morgan fingerprint density at radius 1 is 1.53 bits per heavy atom. The Morgan fingerprint density at radius 2 is 2.29 bits per heavy atom. The van der Waals surface area contributed by atoms with Crippen molar-refractivity contribution in [2.75, 3.05) is 6.54 Å². The fraction of sp³-hybridized carbons (Fsp3) is 0.583. The van der Waals surface area contributed by atoms with Gasteiger partial charge < -0.3 is 11.1 Å². The molecule has 0 bridgehead atoms. The van der Waals surface area contributed by atoms with Gasteiger partial charge in [-0.1, -0.05) is 6.42 Å². The minimum Gasteiger partial charge on any atom is -0.370 e. The molecule has 17 heavy (non-hydrogen) atoms. The van der Waals surface area contributed by atoms with E-state index in [0.717, 1.165) is 12.5 Å². The highest BCUT2D eigenvalue weighted by atomic mass is 127. The second kappa shape index (κ2) is 7.20. The number of hydrogen-bond acceptors (Lipinski definition) is 2. The van der Waals surface area contributed by atoms with Gasteiger partial charge in [0, 0.05) is 6.54 Å². The molecule has 1 aromatic rings. The summed E-state index contributed by atoms with van der Waals surface area (Å²) in [6.45, 7) is 3.79. The summed E-state index contributed by atoms with van der Waals surface area (Å²) in [5.74, 6) is 1.40. The molecule has 1 aliphatic rings. The van der Waals surface area contributed by atoms with Crippen LogP contribution in [0.1, 0.15) is 30.4 Å². The number of rotatable bonds is 4. The van der Waals surface area contributed by atoms with E-state index in [1.165, 1.54) is 30.4 Å². The molecule has 96 valence electrons. The normalized spacial score (nSPS) is 16.2. The van der Waals surface area contributed by atoms with Crippen molar-refractivity contribution in [3.8, 4) is 0 Å². The molecule has 1 saturated carbocycles. The number of aryl methyl sites for hydroxylation is 1. The fourth-order valence-corrected chi connectivity index (χ4v) is 2.57. The van der Waals surface area contributed by atoms with Crippen LogP contribution >= 0.6 is 35.3 Å². The summed E-state index contributed by atoms with van der Waals surface area (Å²) in [7, 11) is 0. The van der Waals surface area contributed by atoms with Gasteiger partial charge in [-0.25, -0.2) is 4.99 Å². The maximum atomic E-state index is 5.81. The van der Waals surface area contributed by atoms with Gasteiger partial charge in [-0.15, -0.1) is 24.0 Å². The van der Waals surface area contributed by atoms with Crippen molar-refractivity contribution >= 4 is 41.3 Å². The number of aliphatic imine (C=N–C) groups is 1. The third-order valence-electron chi connectivity index (χ3n) is 3.18. The summed E-state index contributed by atoms with van der Waals surface area (Å²) >= 11 is 1.72. The SMILES string of the molecule is Cc1cscc1CN=C(N)NCC1CCC1.I. The fourth-order valence-electron chi connectivity index (χ4n) is 1.72. The molecule has 0 spiro atoms. The maximum Gasteiger partial charge on any atom is 0.188 e. The van der Waals surface area contributed by atoms with E-state index in [-0.39, 0.29) is 24.0 Å². The van der Waals surface area contributed by atoms with Crippen LogP contribution in [0.4, 0.5) is 0 Å². The molecule has 0 radical (unpaired) electrons. The van der Waals surface area contributed by atoms with Crippen molar-refractivity contribution in [1.82, 2.24) is 5.32 Å². The van der Waals surface area contributed by atoms with Crippen molar-refractivity contribution in [2.45, 2.75) is 32.7 Å². The van der Waals surface area contributed by atoms with Gasteiger partial charge in [0.2, 0.25) is 0 Å². The highest BCUT2D eigenvalue weighted by molar-refractivity contribution is 14.0. The van der Waals surface area contributed by atoms with Gasteiger partial charge in [-0.05, 0) is 47.6 Å². The van der Waals surface area contributed by atoms with Crippen LogP contribution in [0.25, 0.3) is 0 Å². The van der Waals surface area contributed by atoms with Crippen molar-refractivity contribution in [1.29, 1.82) is 0 Å². The largest absolute Gasteiger partial charge is 0.370 e. The molecule has 1 fully saturated rings. The third kappa shape index (κ3) is 4.46. The lowest BCUT2D eigenvalue weighted by molar-refractivity contribution is 0.315. The molecule has 2 rings (SSSR count). The summed E-state index contributed by atoms with van der Waals surface area (Å²) in [6, 6.07) is 0. The lowest BCUT2D eigenvalue weighted by Gasteiger charge is -2.25. The molecule has 0 amide bonds. The monoisotopic (exact) mass is 365 g/mol. The molecule has 0 aliphatic heterocycles. The number of halogens is 1. The molecule has 1 heterocycles. The first-order valence-electron chi connectivity index (χ1n) is 5.81. The number of hydrogen-bond donors (Lipinski definition) is 2. The van der Waals surface area contributed by atoms with Crippen LogP contribution in [0.15, 0.2) is 15.8 Å². The van der Waals surface area contributed by atoms with Gasteiger partial charge in [-0.3, -0.25) is 0 Å². The Kier molecular flexibility index (Phi) is 6.26. The first-order chi connectivity index (χ1) is 7.75. The van der Waals surface area contributed by atoms with Crippen LogP contribution in [0.3, 0.4) is 0 Å². The Morgan fingerprint density at radius 3 is 2.82 bits per heavy atom. The average Bonchev–Trinajstić information content (AvgIpc) is 2.59. The average molecular weight is 365 g/mol. The number of guanidine groups is 1.